The van der Waals surface area contributed by atoms with Crippen LogP contribution in [-0.4, -0.2) is 170 Å². The molecule has 16 N–H and O–H groups in total. The molecule has 1 aliphatic rings. The van der Waals surface area contributed by atoms with Crippen LogP contribution < -0.4 is 59.1 Å². The summed E-state index contributed by atoms with van der Waals surface area (Å²) >= 11 is 4.40. The largest absolute Gasteiger partial charge is 0.508 e. The van der Waals surface area contributed by atoms with Crippen molar-refractivity contribution in [3.05, 3.63) is 65.2 Å². The number of aliphatic carboxylic acids is 2. The molecule has 1 unspecified atom stereocenters. The Morgan fingerprint density at radius 2 is 1.16 bits per heavy atom. The molecule has 0 bridgehead atoms. The first-order valence-electron chi connectivity index (χ1n) is 28.9. The Hall–Kier alpha value is -8.22. The Labute approximate surface area is 515 Å². The van der Waals surface area contributed by atoms with Crippen molar-refractivity contribution in [1.29, 1.82) is 0 Å². The Kier molecular flexibility index (Phi) is 30.4. The van der Waals surface area contributed by atoms with Crippen molar-refractivity contribution in [2.45, 2.75) is 180 Å². The van der Waals surface area contributed by atoms with Gasteiger partial charge in [0, 0.05) is 25.5 Å². The van der Waals surface area contributed by atoms with Gasteiger partial charge in [-0.3, -0.25) is 62.9 Å². The summed E-state index contributed by atoms with van der Waals surface area (Å²) in [5.74, 6) is -14.5. The lowest BCUT2D eigenvalue weighted by molar-refractivity contribution is -0.158. The molecular formula is C58H85N11O18S. The molecule has 29 nitrogen and oxygen atoms in total. The molecule has 0 aliphatic carbocycles. The number of ketones is 1. The van der Waals surface area contributed by atoms with Crippen LogP contribution >= 0.6 is 12.6 Å². The molecule has 0 radical (unpaired) electrons. The van der Waals surface area contributed by atoms with Gasteiger partial charge in [-0.05, 0) is 72.3 Å². The van der Waals surface area contributed by atoms with Crippen LogP contribution in [0, 0.1) is 17.8 Å². The fourth-order valence-electron chi connectivity index (χ4n) is 9.29. The van der Waals surface area contributed by atoms with Crippen LogP contribution in [0.5, 0.6) is 5.75 Å². The number of fused-ring (bicyclic) bond motifs is 1. The predicted molar refractivity (Wildman–Crippen MR) is 319 cm³/mol. The lowest BCUT2D eigenvalue weighted by Crippen LogP contribution is -2.61. The monoisotopic (exact) mass is 1260 g/mol. The average molecular weight is 1260 g/mol. The third kappa shape index (κ3) is 23.8. The molecule has 11 atom stereocenters. The van der Waals surface area contributed by atoms with E-state index in [1.165, 1.54) is 38.1 Å². The third-order valence-corrected chi connectivity index (χ3v) is 14.4. The number of Topliss-reactive ketones (excluding diaryl/α,β-unsaturated/α-hetero) is 1. The van der Waals surface area contributed by atoms with Crippen LogP contribution in [0.3, 0.4) is 0 Å². The molecule has 0 saturated heterocycles. The summed E-state index contributed by atoms with van der Waals surface area (Å²) in [4.78, 5) is 177. The number of carbonyl (C=O) groups is 13. The topological polar surface area (TPSA) is 458 Å². The van der Waals surface area contributed by atoms with Gasteiger partial charge < -0.3 is 73.5 Å². The average Bonchev–Trinajstić information content (AvgIpc) is 2.17. The van der Waals surface area contributed by atoms with E-state index in [2.05, 4.69) is 66.0 Å². The molecule has 2 aromatic carbocycles. The Morgan fingerprint density at radius 1 is 0.636 bits per heavy atom. The minimum absolute atomic E-state index is 0.00494. The fourth-order valence-corrected chi connectivity index (χ4v) is 9.56. The normalized spacial score (nSPS) is 16.7. The lowest BCUT2D eigenvalue weighted by atomic mass is 9.86. The van der Waals surface area contributed by atoms with E-state index >= 15 is 0 Å². The smallest absolute Gasteiger partial charge is 0.342 e. The van der Waals surface area contributed by atoms with Crippen molar-refractivity contribution in [2.75, 3.05) is 12.4 Å². The molecule has 0 saturated carbocycles. The maximum absolute atomic E-state index is 14.6. The van der Waals surface area contributed by atoms with Crippen LogP contribution in [0.4, 0.5) is 0 Å². The third-order valence-electron chi connectivity index (χ3n) is 14.1. The van der Waals surface area contributed by atoms with Crippen LogP contribution in [0.1, 0.15) is 123 Å². The van der Waals surface area contributed by atoms with Gasteiger partial charge in [0.2, 0.25) is 53.2 Å². The first kappa shape index (κ1) is 74.0. The summed E-state index contributed by atoms with van der Waals surface area (Å²) in [5, 5.41) is 61.2. The van der Waals surface area contributed by atoms with E-state index in [1.807, 2.05) is 6.92 Å². The van der Waals surface area contributed by atoms with Crippen molar-refractivity contribution >= 4 is 89.5 Å². The molecule has 0 fully saturated rings. The van der Waals surface area contributed by atoms with Gasteiger partial charge in [0.15, 0.2) is 5.78 Å². The number of aliphatic hydroxyl groups is 1. The van der Waals surface area contributed by atoms with Crippen molar-refractivity contribution in [2.24, 2.45) is 23.5 Å². The second kappa shape index (κ2) is 36.2. The van der Waals surface area contributed by atoms with E-state index in [1.54, 1.807) is 52.0 Å². The van der Waals surface area contributed by atoms with E-state index in [-0.39, 0.29) is 43.1 Å². The van der Waals surface area contributed by atoms with Gasteiger partial charge in [0.05, 0.1) is 25.1 Å². The number of carboxylic acid groups (broad SMARTS) is 2. The van der Waals surface area contributed by atoms with Crippen molar-refractivity contribution in [3.63, 3.8) is 0 Å². The highest BCUT2D eigenvalue weighted by atomic mass is 32.1. The van der Waals surface area contributed by atoms with Crippen molar-refractivity contribution in [1.82, 2.24) is 53.3 Å². The van der Waals surface area contributed by atoms with E-state index < -0.39 is 181 Å². The number of nitrogens with one attached hydrogen (secondary N) is 10. The number of rotatable bonds is 37. The van der Waals surface area contributed by atoms with Crippen LogP contribution in [-0.2, 0) is 80.0 Å². The molecule has 30 heteroatoms. The molecule has 486 valence electrons. The molecule has 0 spiro atoms. The quantitative estimate of drug-likeness (QED) is 0.0267. The number of thiol groups is 1. The highest BCUT2D eigenvalue weighted by Gasteiger charge is 2.41. The summed E-state index contributed by atoms with van der Waals surface area (Å²) in [6.07, 6.45) is -0.865. The van der Waals surface area contributed by atoms with E-state index in [0.29, 0.717) is 29.5 Å². The van der Waals surface area contributed by atoms with Crippen molar-refractivity contribution < 1.29 is 87.6 Å². The van der Waals surface area contributed by atoms with Crippen LogP contribution in [0.25, 0.3) is 0 Å². The number of nitrogens with two attached hydrogens (primary N) is 1. The number of phenolic OH excluding ortho intramolecular Hbond substituents is 1. The SMILES string of the molecule is CCCC[C@H](NOC(=O)[C@@H]1Cc2ccccc2C(C(=O)[C@H](CS)NC(=O)[C@H](CC(C)C)NC(=O)[C@@H](NC(=O)[C@@H](NC(=O)[C@H](CC(=O)O)NC(=O)[C@H](CCC(=O)O)NC(C)=O)C(C)C)C(C)C)N1)C(=O)N[C@@H](CO)C(=O)N[C@@H](Cc1ccc(O)cc1)C(N)=O. The standard InChI is InChI=1S/C58H85N11O18S/c1-9-10-15-37(52(80)65-42(26-70)55(83)62-38(50(59)78)23-32-16-18-34(72)19-17-32)69-87-58(86)41-24-33-13-11-12-14-35(33)48(61-41)49(77)43(27-88)66-53(81)39(22-28(2)3)64-56(84)46(29(4)5)68-57(85)47(30(6)7)67-54(82)40(25-45(75)76)63-51(79)36(60-31(8)71)20-21-44(73)74/h11-14,16-19,28-30,36-43,46-48,61,69-70,72,88H,9-10,15,20-27H2,1-8H3,(H2,59,78)(H,60,71)(H,62,83)(H,63,79)(H,64,84)(H,65,80)(H,66,81)(H,67,82)(H,68,85)(H,73,74)(H,75,76)/t36-,37-,38-,39-,40-,41-,42-,43-,46-,47-,48?/m0/s1. The van der Waals surface area contributed by atoms with Crippen LogP contribution in [0.2, 0.25) is 0 Å². The summed E-state index contributed by atoms with van der Waals surface area (Å²) < 4.78 is 0. The highest BCUT2D eigenvalue weighted by Crippen LogP contribution is 2.28. The Balaban J connectivity index is 1.78. The number of hydroxylamine groups is 1. The van der Waals surface area contributed by atoms with Gasteiger partial charge in [-0.25, -0.2) is 4.79 Å². The molecule has 1 aliphatic heterocycles. The van der Waals surface area contributed by atoms with E-state index in [9.17, 15) is 77.6 Å². The second-order valence-electron chi connectivity index (χ2n) is 22.5. The summed E-state index contributed by atoms with van der Waals surface area (Å²) in [6.45, 7) is 11.8. The minimum Gasteiger partial charge on any atom is -0.508 e. The minimum atomic E-state index is -1.82. The Morgan fingerprint density at radius 3 is 1.70 bits per heavy atom. The molecular weight excluding hydrogens is 1170 g/mol. The molecule has 1 heterocycles. The number of amides is 9. The number of carbonyl (C=O) groups excluding carboxylic acids is 11. The first-order chi connectivity index (χ1) is 41.4. The molecule has 88 heavy (non-hydrogen) atoms. The molecule has 0 aromatic heterocycles. The molecule has 3 rings (SSSR count). The number of aliphatic hydroxyl groups excluding tert-OH is 1. The highest BCUT2D eigenvalue weighted by molar-refractivity contribution is 7.80. The number of phenols is 1. The van der Waals surface area contributed by atoms with E-state index in [0.717, 1.165) is 6.92 Å². The van der Waals surface area contributed by atoms with Gasteiger partial charge in [-0.2, -0.15) is 12.6 Å². The number of primary amides is 1. The molecule has 9 amide bonds. The first-order valence-corrected chi connectivity index (χ1v) is 29.5. The maximum atomic E-state index is 14.6. The van der Waals surface area contributed by atoms with Gasteiger partial charge in [0.1, 0.15) is 60.1 Å². The number of unbranched alkanes of at least 4 members (excludes halogenated alkanes) is 1. The van der Waals surface area contributed by atoms with Gasteiger partial charge in [0.25, 0.3) is 0 Å². The zero-order valence-electron chi connectivity index (χ0n) is 50.5. The second-order valence-corrected chi connectivity index (χ2v) is 22.9. The van der Waals surface area contributed by atoms with Gasteiger partial charge in [-0.1, -0.05) is 97.7 Å². The summed E-state index contributed by atoms with van der Waals surface area (Å²) in [5.41, 5.74) is 9.57. The number of hydrogen-bond donors (Lipinski definition) is 16. The number of aromatic hydroxyl groups is 1. The van der Waals surface area contributed by atoms with E-state index in [4.69, 9.17) is 15.7 Å². The predicted octanol–water partition coefficient (Wildman–Crippen LogP) is -1.63. The maximum Gasteiger partial charge on any atom is 0.342 e. The van der Waals surface area contributed by atoms with Crippen LogP contribution in [0.15, 0.2) is 48.5 Å². The van der Waals surface area contributed by atoms with Gasteiger partial charge >= 0.3 is 17.9 Å². The number of carboxylic acids is 2. The zero-order valence-corrected chi connectivity index (χ0v) is 51.4. The summed E-state index contributed by atoms with van der Waals surface area (Å²) in [7, 11) is 0. The Bertz CT molecular complexity index is 2800. The lowest BCUT2D eigenvalue weighted by Gasteiger charge is -2.33. The fraction of sp³-hybridized carbons (Fsp3) is 0.569. The van der Waals surface area contributed by atoms with Crippen molar-refractivity contribution in [3.8, 4) is 5.75 Å². The zero-order chi connectivity index (χ0) is 66.1. The summed E-state index contributed by atoms with van der Waals surface area (Å²) in [6, 6.07) is -2.84. The number of hydrogen-bond acceptors (Lipinski definition) is 19. The van der Waals surface area contributed by atoms with Gasteiger partial charge in [-0.15, -0.1) is 5.48 Å². The molecule has 2 aromatic rings. The number of benzene rings is 2.